The molecule has 0 amide bonds. The van der Waals surface area contributed by atoms with Gasteiger partial charge < -0.3 is 19.1 Å². The van der Waals surface area contributed by atoms with Crippen molar-refractivity contribution in [2.75, 3.05) is 20.1 Å². The van der Waals surface area contributed by atoms with E-state index >= 15 is 0 Å². The molecule has 5 aliphatic rings. The summed E-state index contributed by atoms with van der Waals surface area (Å²) in [6.45, 7) is 2.58. The normalized spacial score (nSPS) is 37.9. The predicted molar refractivity (Wildman–Crippen MR) is 123 cm³/mol. The van der Waals surface area contributed by atoms with Crippen LogP contribution in [0.4, 0.5) is 0 Å². The molecule has 2 aliphatic heterocycles. The summed E-state index contributed by atoms with van der Waals surface area (Å²) < 4.78 is 13.7. The van der Waals surface area contributed by atoms with E-state index in [1.807, 2.05) is 36.4 Å². The number of hydrogen-bond donors (Lipinski definition) is 1. The summed E-state index contributed by atoms with van der Waals surface area (Å²) in [7, 11) is 2.35. The average molecular weight is 447 g/mol. The number of Topliss-reactive ketones (excluding diaryl/α,β-unsaturated/α-hetero) is 1. The maximum Gasteiger partial charge on any atom is 0.174 e. The van der Waals surface area contributed by atoms with Crippen LogP contribution in [0.2, 0.25) is 0 Å². The lowest BCUT2D eigenvalue weighted by Crippen LogP contribution is -2.80. The highest BCUT2D eigenvalue weighted by molar-refractivity contribution is 5.90. The summed E-state index contributed by atoms with van der Waals surface area (Å²) in [4.78, 5) is 13.2. The Morgan fingerprint density at radius 1 is 1.15 bits per heavy atom. The van der Waals surface area contributed by atoms with Gasteiger partial charge in [0.15, 0.2) is 23.4 Å². The Hall–Kier alpha value is -2.37. The summed E-state index contributed by atoms with van der Waals surface area (Å²) in [5, 5.41) is 12.5. The van der Waals surface area contributed by atoms with E-state index in [2.05, 4.69) is 13.1 Å². The van der Waals surface area contributed by atoms with E-state index in [-0.39, 0.29) is 11.8 Å². The molecule has 4 unspecified atom stereocenters. The van der Waals surface area contributed by atoms with Crippen LogP contribution in [0.5, 0.6) is 11.5 Å². The molecule has 1 saturated heterocycles. The molecule has 5 heteroatoms. The fourth-order valence-corrected chi connectivity index (χ4v) is 7.78. The molecule has 2 saturated carbocycles. The van der Waals surface area contributed by atoms with Gasteiger partial charge in [0.05, 0.1) is 25.6 Å². The second-order valence-electron chi connectivity index (χ2n) is 11.4. The van der Waals surface area contributed by atoms with Gasteiger partial charge in [0, 0.05) is 30.7 Å². The van der Waals surface area contributed by atoms with Gasteiger partial charge in [-0.3, -0.25) is 4.79 Å². The monoisotopic (exact) mass is 446 g/mol. The lowest BCUT2D eigenvalue weighted by atomic mass is 9.48. The van der Waals surface area contributed by atoms with Crippen LogP contribution in [0.15, 0.2) is 42.5 Å². The molecule has 0 aromatic heterocycles. The number of benzene rings is 2. The van der Waals surface area contributed by atoms with Crippen LogP contribution in [0.1, 0.15) is 48.8 Å². The van der Waals surface area contributed by atoms with Crippen molar-refractivity contribution in [2.45, 2.75) is 68.3 Å². The third kappa shape index (κ3) is 2.58. The molecule has 5 nitrogen and oxygen atoms in total. The number of hydrogen-bond acceptors (Lipinski definition) is 4. The van der Waals surface area contributed by atoms with E-state index < -0.39 is 17.1 Å². The number of quaternary nitrogens is 1. The SMILES string of the molecule is C[N+]1(CC2CC2)CCC23c4c5ccc(OCc6ccccc6)c4OC2C(=O)CC[C@@]3(O)C1C5. The van der Waals surface area contributed by atoms with E-state index in [1.165, 1.54) is 18.4 Å². The third-order valence-electron chi connectivity index (χ3n) is 9.50. The van der Waals surface area contributed by atoms with E-state index in [0.717, 1.165) is 47.5 Å². The zero-order chi connectivity index (χ0) is 22.4. The number of ketones is 1. The number of rotatable bonds is 5. The van der Waals surface area contributed by atoms with Crippen molar-refractivity contribution >= 4 is 5.78 Å². The Morgan fingerprint density at radius 2 is 1.97 bits per heavy atom. The zero-order valence-electron chi connectivity index (χ0n) is 19.3. The molecule has 172 valence electrons. The first-order valence-corrected chi connectivity index (χ1v) is 12.5. The third-order valence-corrected chi connectivity index (χ3v) is 9.50. The van der Waals surface area contributed by atoms with Crippen molar-refractivity contribution < 1.29 is 23.9 Å². The number of aliphatic hydroxyl groups is 1. The molecular weight excluding hydrogens is 414 g/mol. The van der Waals surface area contributed by atoms with Crippen molar-refractivity contribution in [2.24, 2.45) is 5.92 Å². The molecular formula is C28H32NO4+. The van der Waals surface area contributed by atoms with Gasteiger partial charge in [-0.05, 0) is 36.5 Å². The summed E-state index contributed by atoms with van der Waals surface area (Å²) in [5.41, 5.74) is 1.85. The predicted octanol–water partition coefficient (Wildman–Crippen LogP) is 3.54. The van der Waals surface area contributed by atoms with Gasteiger partial charge >= 0.3 is 0 Å². The Labute approximate surface area is 194 Å². The first-order valence-electron chi connectivity index (χ1n) is 12.5. The van der Waals surface area contributed by atoms with Crippen LogP contribution >= 0.6 is 0 Å². The minimum absolute atomic E-state index is 0.112. The molecule has 3 fully saturated rings. The standard InChI is InChI=1S/C28H32NO4/c1-29(16-18-7-8-18)14-13-27-24-20-9-10-22(32-17-19-5-3-2-4-6-19)25(24)33-26(27)21(30)11-12-28(27,31)23(29)15-20/h2-6,9-10,18,23,26,31H,7-8,11-17H2,1H3/q+1/t23?,26?,27?,28-,29?/m1/s1. The first kappa shape index (κ1) is 20.0. The topological polar surface area (TPSA) is 55.8 Å². The van der Waals surface area contributed by atoms with Crippen LogP contribution in [-0.2, 0) is 23.2 Å². The number of carbonyl (C=O) groups is 1. The summed E-state index contributed by atoms with van der Waals surface area (Å²) in [6, 6.07) is 14.4. The van der Waals surface area contributed by atoms with E-state index in [1.54, 1.807) is 0 Å². The van der Waals surface area contributed by atoms with Crippen LogP contribution in [0, 0.1) is 5.92 Å². The molecule has 2 aromatic carbocycles. The molecule has 2 aromatic rings. The Kier molecular flexibility index (Phi) is 4.01. The van der Waals surface area contributed by atoms with Crippen LogP contribution in [-0.4, -0.2) is 53.3 Å². The van der Waals surface area contributed by atoms with E-state index in [0.29, 0.717) is 30.9 Å². The molecule has 33 heavy (non-hydrogen) atoms. The number of likely N-dealkylation sites (tertiary alicyclic amines) is 1. The zero-order valence-corrected chi connectivity index (χ0v) is 19.3. The van der Waals surface area contributed by atoms with Gasteiger partial charge in [0.2, 0.25) is 0 Å². The molecule has 7 rings (SSSR count). The van der Waals surface area contributed by atoms with Crippen molar-refractivity contribution in [1.29, 1.82) is 0 Å². The highest BCUT2D eigenvalue weighted by Gasteiger charge is 2.76. The first-order chi connectivity index (χ1) is 15.9. The number of carbonyl (C=O) groups excluding carboxylic acids is 1. The Balaban J connectivity index is 1.34. The largest absolute Gasteiger partial charge is 0.485 e. The second kappa shape index (κ2) is 6.61. The van der Waals surface area contributed by atoms with E-state index in [4.69, 9.17) is 9.47 Å². The quantitative estimate of drug-likeness (QED) is 0.714. The van der Waals surface area contributed by atoms with Crippen LogP contribution in [0.3, 0.4) is 0 Å². The summed E-state index contributed by atoms with van der Waals surface area (Å²) in [5.74, 6) is 2.32. The van der Waals surface area contributed by atoms with Gasteiger partial charge in [0.25, 0.3) is 0 Å². The number of likely N-dealkylation sites (N-methyl/N-ethyl adjacent to an activating group) is 1. The average Bonchev–Trinajstić information content (AvgIpc) is 3.54. The van der Waals surface area contributed by atoms with Crippen molar-refractivity contribution in [3.63, 3.8) is 0 Å². The number of nitrogens with zero attached hydrogens (tertiary/aromatic N) is 1. The lowest BCUT2D eigenvalue weighted by Gasteiger charge is -2.64. The molecule has 1 N–H and O–H groups in total. The molecule has 2 heterocycles. The van der Waals surface area contributed by atoms with Crippen molar-refractivity contribution in [3.8, 4) is 11.5 Å². The minimum atomic E-state index is -0.913. The summed E-state index contributed by atoms with van der Waals surface area (Å²) in [6.07, 6.45) is 4.61. The van der Waals surface area contributed by atoms with Gasteiger partial charge in [-0.2, -0.15) is 0 Å². The van der Waals surface area contributed by atoms with Gasteiger partial charge in [0.1, 0.15) is 18.2 Å². The van der Waals surface area contributed by atoms with Crippen molar-refractivity contribution in [1.82, 2.24) is 0 Å². The fraction of sp³-hybridized carbons (Fsp3) is 0.536. The molecule has 2 bridgehead atoms. The minimum Gasteiger partial charge on any atom is -0.485 e. The summed E-state index contributed by atoms with van der Waals surface area (Å²) >= 11 is 0. The lowest BCUT2D eigenvalue weighted by molar-refractivity contribution is -0.950. The highest BCUT2D eigenvalue weighted by atomic mass is 16.5. The fourth-order valence-electron chi connectivity index (χ4n) is 7.78. The molecule has 1 spiro atoms. The number of ether oxygens (including phenoxy) is 2. The smallest absolute Gasteiger partial charge is 0.174 e. The Morgan fingerprint density at radius 3 is 2.76 bits per heavy atom. The van der Waals surface area contributed by atoms with Crippen LogP contribution < -0.4 is 9.47 Å². The second-order valence-corrected chi connectivity index (χ2v) is 11.4. The Bertz CT molecular complexity index is 1140. The maximum atomic E-state index is 13.2. The van der Waals surface area contributed by atoms with Gasteiger partial charge in [-0.1, -0.05) is 36.4 Å². The highest BCUT2D eigenvalue weighted by Crippen LogP contribution is 2.66. The van der Waals surface area contributed by atoms with Crippen molar-refractivity contribution in [3.05, 3.63) is 59.2 Å². The molecule has 3 aliphatic carbocycles. The van der Waals surface area contributed by atoms with Gasteiger partial charge in [-0.25, -0.2) is 0 Å². The van der Waals surface area contributed by atoms with Crippen LogP contribution in [0.25, 0.3) is 0 Å². The number of piperidine rings is 1. The molecule has 5 atom stereocenters. The van der Waals surface area contributed by atoms with E-state index in [9.17, 15) is 9.90 Å². The maximum absolute atomic E-state index is 13.2. The van der Waals surface area contributed by atoms with Gasteiger partial charge in [-0.15, -0.1) is 0 Å². The molecule has 0 radical (unpaired) electrons.